The Balaban J connectivity index is 1.52. The van der Waals surface area contributed by atoms with E-state index in [2.05, 4.69) is 5.32 Å². The highest BCUT2D eigenvalue weighted by atomic mass is 32.1. The van der Waals surface area contributed by atoms with E-state index in [0.29, 0.717) is 24.4 Å². The van der Waals surface area contributed by atoms with Crippen molar-refractivity contribution >= 4 is 34.3 Å². The highest BCUT2D eigenvalue weighted by molar-refractivity contribution is 7.09. The molecule has 1 saturated carbocycles. The van der Waals surface area contributed by atoms with Crippen molar-refractivity contribution in [3.05, 3.63) is 46.0 Å². The number of rotatable bonds is 4. The molecule has 3 aromatic rings. The molecule has 2 amide bonds. The molecule has 6 nitrogen and oxygen atoms in total. The lowest BCUT2D eigenvalue weighted by molar-refractivity contribution is -0.134. The molecule has 0 aromatic carbocycles. The Kier molecular flexibility index (Phi) is 5.16. The van der Waals surface area contributed by atoms with Crippen molar-refractivity contribution in [3.8, 4) is 0 Å². The fourth-order valence-corrected chi connectivity index (χ4v) is 5.72. The van der Waals surface area contributed by atoms with E-state index in [1.807, 2.05) is 48.1 Å². The number of nitrogens with zero attached hydrogens (tertiary/aromatic N) is 2. The Morgan fingerprint density at radius 3 is 2.74 bits per heavy atom. The van der Waals surface area contributed by atoms with Crippen LogP contribution in [0.5, 0.6) is 0 Å². The molecule has 4 heterocycles. The van der Waals surface area contributed by atoms with Crippen LogP contribution < -0.4 is 5.32 Å². The van der Waals surface area contributed by atoms with E-state index < -0.39 is 5.54 Å². The largest absolute Gasteiger partial charge is 0.460 e. The van der Waals surface area contributed by atoms with Gasteiger partial charge in [0.15, 0.2) is 5.58 Å². The van der Waals surface area contributed by atoms with E-state index in [1.165, 1.54) is 12.8 Å². The summed E-state index contributed by atoms with van der Waals surface area (Å²) in [6, 6.07) is 7.95. The van der Waals surface area contributed by atoms with E-state index in [1.54, 1.807) is 16.2 Å². The van der Waals surface area contributed by atoms with Crippen molar-refractivity contribution in [2.45, 2.75) is 77.0 Å². The first-order valence-corrected chi connectivity index (χ1v) is 12.1. The molecule has 0 bridgehead atoms. The quantitative estimate of drug-likeness (QED) is 0.591. The van der Waals surface area contributed by atoms with Gasteiger partial charge < -0.3 is 19.2 Å². The third-order valence-corrected chi connectivity index (χ3v) is 7.67. The van der Waals surface area contributed by atoms with Gasteiger partial charge in [0.25, 0.3) is 5.91 Å². The van der Waals surface area contributed by atoms with Gasteiger partial charge in [0.2, 0.25) is 5.91 Å². The predicted molar refractivity (Wildman–Crippen MR) is 121 cm³/mol. The zero-order chi connectivity index (χ0) is 21.6. The number of hydrogen-bond donors (Lipinski definition) is 1. The second-order valence-corrected chi connectivity index (χ2v) is 10.2. The maximum atomic E-state index is 13.7. The summed E-state index contributed by atoms with van der Waals surface area (Å²) in [7, 11) is 0. The standard InChI is InChI=1S/C24H29N3O3S/c1-16-12-19-21(30-16)13-20-22(28)27(14-18-10-7-11-31-18)24(2,15-26(19)20)23(29)25-17-8-5-3-4-6-9-17/h7,10-13,17H,3-6,8-9,14-15H2,1-2H3,(H,25,29)/t24-/m0/s1. The van der Waals surface area contributed by atoms with Crippen LogP contribution in [0, 0.1) is 6.92 Å². The molecular weight excluding hydrogens is 410 g/mol. The van der Waals surface area contributed by atoms with Gasteiger partial charge in [0, 0.05) is 23.1 Å². The normalized spacial score (nSPS) is 22.5. The summed E-state index contributed by atoms with van der Waals surface area (Å²) in [5.41, 5.74) is 1.19. The molecule has 0 saturated heterocycles. The maximum Gasteiger partial charge on any atom is 0.271 e. The third kappa shape index (κ3) is 3.59. The van der Waals surface area contributed by atoms with Crippen LogP contribution in [0.3, 0.4) is 0 Å². The lowest BCUT2D eigenvalue weighted by atomic mass is 9.93. The molecule has 0 unspecified atom stereocenters. The smallest absolute Gasteiger partial charge is 0.271 e. The zero-order valence-electron chi connectivity index (χ0n) is 18.1. The third-order valence-electron chi connectivity index (χ3n) is 6.81. The SMILES string of the molecule is Cc1cc2c(cc3n2C[C@@](C)(C(=O)NC2CCCCCC2)N(Cc2cccs2)C3=O)o1. The molecule has 1 aliphatic heterocycles. The molecule has 0 radical (unpaired) electrons. The van der Waals surface area contributed by atoms with Crippen LogP contribution in [-0.4, -0.2) is 32.9 Å². The van der Waals surface area contributed by atoms with Gasteiger partial charge in [0.1, 0.15) is 17.0 Å². The summed E-state index contributed by atoms with van der Waals surface area (Å²) in [5, 5.41) is 5.31. The van der Waals surface area contributed by atoms with Gasteiger partial charge >= 0.3 is 0 Å². The van der Waals surface area contributed by atoms with E-state index in [4.69, 9.17) is 4.42 Å². The van der Waals surface area contributed by atoms with E-state index in [0.717, 1.165) is 41.8 Å². The Morgan fingerprint density at radius 2 is 2.03 bits per heavy atom. The topological polar surface area (TPSA) is 67.5 Å². The number of fused-ring (bicyclic) bond motifs is 3. The molecule has 31 heavy (non-hydrogen) atoms. The van der Waals surface area contributed by atoms with Gasteiger partial charge in [-0.1, -0.05) is 31.7 Å². The second kappa shape index (κ2) is 7.86. The molecule has 1 fully saturated rings. The van der Waals surface area contributed by atoms with E-state index in [9.17, 15) is 9.59 Å². The van der Waals surface area contributed by atoms with Crippen molar-refractivity contribution in [2.24, 2.45) is 0 Å². The van der Waals surface area contributed by atoms with Crippen molar-refractivity contribution < 1.29 is 14.0 Å². The van der Waals surface area contributed by atoms with Crippen molar-refractivity contribution in [3.63, 3.8) is 0 Å². The number of aryl methyl sites for hydroxylation is 1. The van der Waals surface area contributed by atoms with Crippen molar-refractivity contribution in [1.29, 1.82) is 0 Å². The Labute approximate surface area is 186 Å². The molecule has 1 N–H and O–H groups in total. The molecule has 0 spiro atoms. The van der Waals surface area contributed by atoms with Crippen molar-refractivity contribution in [2.75, 3.05) is 0 Å². The summed E-state index contributed by atoms with van der Waals surface area (Å²) in [6.45, 7) is 4.65. The maximum absolute atomic E-state index is 13.7. The minimum atomic E-state index is -0.975. The summed E-state index contributed by atoms with van der Waals surface area (Å²) in [6.07, 6.45) is 6.79. The number of furan rings is 1. The molecule has 7 heteroatoms. The lowest BCUT2D eigenvalue weighted by Crippen LogP contribution is -2.64. The van der Waals surface area contributed by atoms with Crippen LogP contribution in [-0.2, 0) is 17.9 Å². The van der Waals surface area contributed by atoms with E-state index >= 15 is 0 Å². The molecular formula is C24H29N3O3S. The van der Waals surface area contributed by atoms with Crippen LogP contribution >= 0.6 is 11.3 Å². The zero-order valence-corrected chi connectivity index (χ0v) is 19.0. The Bertz CT molecular complexity index is 1100. The number of nitrogens with one attached hydrogen (secondary N) is 1. The number of carbonyl (C=O) groups is 2. The van der Waals surface area contributed by atoms with Gasteiger partial charge in [-0.25, -0.2) is 0 Å². The van der Waals surface area contributed by atoms with Gasteiger partial charge in [0.05, 0.1) is 18.6 Å². The van der Waals surface area contributed by atoms with Crippen LogP contribution in [0.15, 0.2) is 34.1 Å². The number of amides is 2. The summed E-state index contributed by atoms with van der Waals surface area (Å²) in [5.74, 6) is 0.623. The Morgan fingerprint density at radius 1 is 1.26 bits per heavy atom. The first-order valence-electron chi connectivity index (χ1n) is 11.2. The predicted octanol–water partition coefficient (Wildman–Crippen LogP) is 4.86. The molecule has 1 aliphatic carbocycles. The van der Waals surface area contributed by atoms with Crippen LogP contribution in [0.4, 0.5) is 0 Å². The average Bonchev–Trinajstić information content (AvgIpc) is 3.39. The molecule has 164 valence electrons. The summed E-state index contributed by atoms with van der Waals surface area (Å²) < 4.78 is 7.75. The fraction of sp³-hybridized carbons (Fsp3) is 0.500. The fourth-order valence-electron chi connectivity index (χ4n) is 5.03. The molecule has 1 atom stereocenters. The van der Waals surface area contributed by atoms with Gasteiger partial charge in [-0.3, -0.25) is 9.59 Å². The number of thiophene rings is 1. The number of carbonyl (C=O) groups excluding carboxylic acids is 2. The Hall–Kier alpha value is -2.54. The summed E-state index contributed by atoms with van der Waals surface area (Å²) in [4.78, 5) is 30.2. The average molecular weight is 440 g/mol. The van der Waals surface area contributed by atoms with Crippen LogP contribution in [0.25, 0.3) is 11.1 Å². The second-order valence-electron chi connectivity index (χ2n) is 9.13. The van der Waals surface area contributed by atoms with Gasteiger partial charge in [-0.05, 0) is 38.1 Å². The lowest BCUT2D eigenvalue weighted by Gasteiger charge is -2.44. The highest BCUT2D eigenvalue weighted by Gasteiger charge is 2.48. The molecule has 2 aliphatic rings. The van der Waals surface area contributed by atoms with Crippen molar-refractivity contribution in [1.82, 2.24) is 14.8 Å². The van der Waals surface area contributed by atoms with Crippen LogP contribution in [0.1, 0.15) is 66.6 Å². The van der Waals surface area contributed by atoms with Crippen LogP contribution in [0.2, 0.25) is 0 Å². The first-order chi connectivity index (χ1) is 15.0. The molecule has 5 rings (SSSR count). The minimum Gasteiger partial charge on any atom is -0.460 e. The summed E-state index contributed by atoms with van der Waals surface area (Å²) >= 11 is 1.61. The number of aromatic nitrogens is 1. The molecule has 3 aromatic heterocycles. The minimum absolute atomic E-state index is 0.0583. The van der Waals surface area contributed by atoms with Gasteiger partial charge in [-0.2, -0.15) is 0 Å². The first kappa shape index (κ1) is 20.4. The number of hydrogen-bond acceptors (Lipinski definition) is 4. The van der Waals surface area contributed by atoms with E-state index in [-0.39, 0.29) is 17.9 Å². The monoisotopic (exact) mass is 439 g/mol. The highest BCUT2D eigenvalue weighted by Crippen LogP contribution is 2.35. The van der Waals surface area contributed by atoms with Gasteiger partial charge in [-0.15, -0.1) is 11.3 Å².